The summed E-state index contributed by atoms with van der Waals surface area (Å²) in [4.78, 5) is 21.4. The summed E-state index contributed by atoms with van der Waals surface area (Å²) in [5.41, 5.74) is -1.44. The van der Waals surface area contributed by atoms with E-state index in [9.17, 15) is 23.7 Å². The minimum Gasteiger partial charge on any atom is -0.352 e. The van der Waals surface area contributed by atoms with Crippen LogP contribution in [0.25, 0.3) is 0 Å². The van der Waals surface area contributed by atoms with Crippen LogP contribution in [0.1, 0.15) is 37.0 Å². The summed E-state index contributed by atoms with van der Waals surface area (Å²) in [6.07, 6.45) is 1.70. The second kappa shape index (κ2) is 6.93. The SMILES string of the molecule is CCC(CC)CNC(=O)c1cc([N+](=O)[O-])c(F)cc1F. The van der Waals surface area contributed by atoms with Gasteiger partial charge in [-0.2, -0.15) is 4.39 Å². The molecule has 1 aromatic carbocycles. The first-order valence-electron chi connectivity index (χ1n) is 6.32. The van der Waals surface area contributed by atoms with Crippen molar-refractivity contribution in [3.8, 4) is 0 Å². The van der Waals surface area contributed by atoms with Crippen molar-refractivity contribution in [3.05, 3.63) is 39.4 Å². The van der Waals surface area contributed by atoms with Crippen LogP contribution in [0.5, 0.6) is 0 Å². The van der Waals surface area contributed by atoms with Gasteiger partial charge in [-0.1, -0.05) is 26.7 Å². The number of nitro benzene ring substituents is 1. The van der Waals surface area contributed by atoms with E-state index in [1.807, 2.05) is 13.8 Å². The second-order valence-corrected chi connectivity index (χ2v) is 4.43. The highest BCUT2D eigenvalue weighted by Crippen LogP contribution is 2.21. The van der Waals surface area contributed by atoms with Crippen LogP contribution in [0.2, 0.25) is 0 Å². The Morgan fingerprint density at radius 1 is 1.30 bits per heavy atom. The fourth-order valence-corrected chi connectivity index (χ4v) is 1.76. The van der Waals surface area contributed by atoms with Gasteiger partial charge in [-0.3, -0.25) is 14.9 Å². The van der Waals surface area contributed by atoms with E-state index in [1.165, 1.54) is 0 Å². The fraction of sp³-hybridized carbons (Fsp3) is 0.462. The van der Waals surface area contributed by atoms with Crippen LogP contribution in [-0.2, 0) is 0 Å². The minimum atomic E-state index is -1.30. The van der Waals surface area contributed by atoms with Gasteiger partial charge < -0.3 is 5.32 Å². The highest BCUT2D eigenvalue weighted by Gasteiger charge is 2.22. The van der Waals surface area contributed by atoms with Crippen LogP contribution in [0.15, 0.2) is 12.1 Å². The maximum absolute atomic E-state index is 13.5. The first kappa shape index (κ1) is 16.0. The number of halogens is 2. The van der Waals surface area contributed by atoms with E-state index in [4.69, 9.17) is 0 Å². The van der Waals surface area contributed by atoms with E-state index >= 15 is 0 Å². The number of benzene rings is 1. The maximum Gasteiger partial charge on any atom is 0.305 e. The molecule has 1 aromatic rings. The van der Waals surface area contributed by atoms with Crippen LogP contribution in [-0.4, -0.2) is 17.4 Å². The molecule has 0 saturated carbocycles. The van der Waals surface area contributed by atoms with Crippen LogP contribution < -0.4 is 5.32 Å². The number of nitrogens with zero attached hydrogens (tertiary/aromatic N) is 1. The molecular formula is C13H16F2N2O3. The second-order valence-electron chi connectivity index (χ2n) is 4.43. The van der Waals surface area contributed by atoms with Crippen molar-refractivity contribution in [2.24, 2.45) is 5.92 Å². The molecule has 5 nitrogen and oxygen atoms in total. The summed E-state index contributed by atoms with van der Waals surface area (Å²) in [5, 5.41) is 13.1. The van der Waals surface area contributed by atoms with E-state index in [0.717, 1.165) is 12.8 Å². The van der Waals surface area contributed by atoms with Gasteiger partial charge in [-0.05, 0) is 5.92 Å². The molecule has 1 rings (SSSR count). The summed E-state index contributed by atoms with van der Waals surface area (Å²) in [6, 6.07) is 0.969. The van der Waals surface area contributed by atoms with Gasteiger partial charge in [0.15, 0.2) is 0 Å². The average Bonchev–Trinajstić information content (AvgIpc) is 2.39. The number of rotatable bonds is 6. The predicted octanol–water partition coefficient (Wildman–Crippen LogP) is 3.04. The monoisotopic (exact) mass is 286 g/mol. The zero-order valence-electron chi connectivity index (χ0n) is 11.3. The lowest BCUT2D eigenvalue weighted by molar-refractivity contribution is -0.387. The highest BCUT2D eigenvalue weighted by atomic mass is 19.1. The Labute approximate surface area is 115 Å². The summed E-state index contributed by atoms with van der Waals surface area (Å²) < 4.78 is 26.7. The molecule has 0 atom stereocenters. The van der Waals surface area contributed by atoms with Gasteiger partial charge >= 0.3 is 5.69 Å². The molecule has 1 amide bonds. The highest BCUT2D eigenvalue weighted by molar-refractivity contribution is 5.95. The van der Waals surface area contributed by atoms with E-state index in [1.54, 1.807) is 0 Å². The topological polar surface area (TPSA) is 72.2 Å². The summed E-state index contributed by atoms with van der Waals surface area (Å²) in [6.45, 7) is 4.27. The van der Waals surface area contributed by atoms with Crippen molar-refractivity contribution in [3.63, 3.8) is 0 Å². The fourth-order valence-electron chi connectivity index (χ4n) is 1.76. The molecule has 110 valence electrons. The largest absolute Gasteiger partial charge is 0.352 e. The third-order valence-corrected chi connectivity index (χ3v) is 3.18. The van der Waals surface area contributed by atoms with Crippen molar-refractivity contribution in [1.29, 1.82) is 0 Å². The number of hydrogen-bond acceptors (Lipinski definition) is 3. The minimum absolute atomic E-state index is 0.248. The Kier molecular flexibility index (Phi) is 5.54. The third-order valence-electron chi connectivity index (χ3n) is 3.18. The zero-order valence-corrected chi connectivity index (χ0v) is 11.3. The summed E-state index contributed by atoms with van der Waals surface area (Å²) in [5.74, 6) is -2.95. The Morgan fingerprint density at radius 2 is 1.90 bits per heavy atom. The number of hydrogen-bond donors (Lipinski definition) is 1. The Morgan fingerprint density at radius 3 is 2.40 bits per heavy atom. The summed E-state index contributed by atoms with van der Waals surface area (Å²) >= 11 is 0. The average molecular weight is 286 g/mol. The number of nitro groups is 1. The number of amides is 1. The molecule has 0 heterocycles. The molecule has 0 radical (unpaired) electrons. The molecule has 20 heavy (non-hydrogen) atoms. The first-order chi connectivity index (χ1) is 9.40. The molecule has 0 aliphatic heterocycles. The smallest absolute Gasteiger partial charge is 0.305 e. The summed E-state index contributed by atoms with van der Waals surface area (Å²) in [7, 11) is 0. The van der Waals surface area contributed by atoms with E-state index < -0.39 is 33.7 Å². The molecule has 0 fully saturated rings. The van der Waals surface area contributed by atoms with E-state index in [2.05, 4.69) is 5.32 Å². The maximum atomic E-state index is 13.5. The molecular weight excluding hydrogens is 270 g/mol. The Bertz CT molecular complexity index is 517. The molecule has 0 bridgehead atoms. The Hall–Kier alpha value is -2.05. The number of carbonyl (C=O) groups excluding carboxylic acids is 1. The molecule has 0 aromatic heterocycles. The van der Waals surface area contributed by atoms with Crippen molar-refractivity contribution >= 4 is 11.6 Å². The van der Waals surface area contributed by atoms with Gasteiger partial charge in [0.2, 0.25) is 5.82 Å². The predicted molar refractivity (Wildman–Crippen MR) is 69.4 cm³/mol. The van der Waals surface area contributed by atoms with Crippen molar-refractivity contribution in [1.82, 2.24) is 5.32 Å². The Balaban J connectivity index is 2.93. The molecule has 1 N–H and O–H groups in total. The van der Waals surface area contributed by atoms with Crippen LogP contribution in [0.3, 0.4) is 0 Å². The normalized spacial score (nSPS) is 10.7. The number of nitrogens with one attached hydrogen (secondary N) is 1. The standard InChI is InChI=1S/C13H16F2N2O3/c1-3-8(4-2)7-16-13(18)9-5-12(17(19)20)11(15)6-10(9)14/h5-6,8H,3-4,7H2,1-2H3,(H,16,18). The molecule has 0 aliphatic rings. The van der Waals surface area contributed by atoms with Crippen LogP contribution in [0, 0.1) is 27.7 Å². The van der Waals surface area contributed by atoms with Crippen molar-refractivity contribution in [2.75, 3.05) is 6.54 Å². The lowest BCUT2D eigenvalue weighted by Crippen LogP contribution is -2.29. The van der Waals surface area contributed by atoms with Gasteiger partial charge in [0.05, 0.1) is 10.5 Å². The number of carbonyl (C=O) groups is 1. The van der Waals surface area contributed by atoms with E-state index in [0.29, 0.717) is 18.7 Å². The quantitative estimate of drug-likeness (QED) is 0.645. The van der Waals surface area contributed by atoms with Gasteiger partial charge in [0, 0.05) is 18.7 Å². The first-order valence-corrected chi connectivity index (χ1v) is 6.32. The van der Waals surface area contributed by atoms with Crippen molar-refractivity contribution in [2.45, 2.75) is 26.7 Å². The molecule has 0 saturated heterocycles. The zero-order chi connectivity index (χ0) is 15.3. The lowest BCUT2D eigenvalue weighted by atomic mass is 10.0. The molecule has 7 heteroatoms. The van der Waals surface area contributed by atoms with Gasteiger partial charge in [-0.15, -0.1) is 0 Å². The molecule has 0 unspecified atom stereocenters. The van der Waals surface area contributed by atoms with Gasteiger partial charge in [-0.25, -0.2) is 4.39 Å². The van der Waals surface area contributed by atoms with E-state index in [-0.39, 0.29) is 5.92 Å². The van der Waals surface area contributed by atoms with Gasteiger partial charge in [0.25, 0.3) is 5.91 Å². The molecule has 0 aliphatic carbocycles. The lowest BCUT2D eigenvalue weighted by Gasteiger charge is -2.13. The van der Waals surface area contributed by atoms with Gasteiger partial charge in [0.1, 0.15) is 5.82 Å². The van der Waals surface area contributed by atoms with Crippen LogP contribution in [0.4, 0.5) is 14.5 Å². The van der Waals surface area contributed by atoms with Crippen LogP contribution >= 0.6 is 0 Å². The third kappa shape index (κ3) is 3.72. The van der Waals surface area contributed by atoms with Crippen molar-refractivity contribution < 1.29 is 18.5 Å². The molecule has 0 spiro atoms.